The van der Waals surface area contributed by atoms with Crippen molar-refractivity contribution in [3.8, 4) is 119 Å². The van der Waals surface area contributed by atoms with Gasteiger partial charge in [-0.25, -0.2) is 53.6 Å². The van der Waals surface area contributed by atoms with Crippen molar-refractivity contribution in [2.24, 2.45) is 0 Å². The molecule has 0 fully saturated rings. The van der Waals surface area contributed by atoms with E-state index in [-0.39, 0.29) is 5.56 Å². The van der Waals surface area contributed by atoms with Crippen LogP contribution in [-0.2, 0) is 0 Å². The van der Waals surface area contributed by atoms with E-state index in [2.05, 4.69) is 28.8 Å². The van der Waals surface area contributed by atoms with E-state index < -0.39 is 11.6 Å². The molecule has 12 heteroatoms. The SMILES string of the molecule is Fc1ccc(-c2ccc(-c3nc(-c4ccccc4)nc(-c4ccccc4)n3)c(-n3c4ccc(-c5nc(-c6ccccc6)nc(-c6ccccc6)n5)cc4c4cc(-c5nc(-c6ccccc6)nc(-c6ccccc6)n5)ccc43)c2)c(F)c1. The van der Waals surface area contributed by atoms with E-state index in [0.29, 0.717) is 69.2 Å². The van der Waals surface area contributed by atoms with Gasteiger partial charge in [0.2, 0.25) is 0 Å². The molecule has 14 rings (SSSR count). The Bertz CT molecular complexity index is 4290. The van der Waals surface area contributed by atoms with Crippen LogP contribution in [0.15, 0.2) is 255 Å². The maximum absolute atomic E-state index is 16.1. The van der Waals surface area contributed by atoms with Crippen molar-refractivity contribution < 1.29 is 8.78 Å². The van der Waals surface area contributed by atoms with E-state index in [9.17, 15) is 4.39 Å². The second kappa shape index (κ2) is 20.7. The minimum absolute atomic E-state index is 0.219. The molecule has 0 bridgehead atoms. The third kappa shape index (κ3) is 9.42. The summed E-state index contributed by atoms with van der Waals surface area (Å²) in [4.78, 5) is 45.9. The van der Waals surface area contributed by atoms with Crippen LogP contribution in [0.4, 0.5) is 8.78 Å². The second-order valence-electron chi connectivity index (χ2n) is 19.3. The zero-order valence-electron chi connectivity index (χ0n) is 43.0. The van der Waals surface area contributed by atoms with E-state index in [0.717, 1.165) is 72.4 Å². The van der Waals surface area contributed by atoms with Crippen LogP contribution in [0.25, 0.3) is 141 Å². The summed E-state index contributed by atoms with van der Waals surface area (Å²) in [7, 11) is 0. The third-order valence-corrected chi connectivity index (χ3v) is 14.1. The van der Waals surface area contributed by atoms with E-state index in [1.807, 2.05) is 212 Å². The number of aromatic nitrogens is 10. The second-order valence-corrected chi connectivity index (χ2v) is 19.3. The molecule has 4 heterocycles. The van der Waals surface area contributed by atoms with Crippen LogP contribution in [0.2, 0.25) is 0 Å². The number of benzene rings is 10. The highest BCUT2D eigenvalue weighted by Gasteiger charge is 2.24. The molecule has 382 valence electrons. The Kier molecular flexibility index (Phi) is 12.3. The smallest absolute Gasteiger partial charge is 0.166 e. The minimum Gasteiger partial charge on any atom is -0.308 e. The standard InChI is InChI=1S/C69H42F2N10/c70-52-34-36-53(57(71)42-52)49-31-35-54(69-79-65(47-27-15-5-16-28-47)74-66(80-69)48-29-17-6-18-30-48)60(41-49)81-58-37-32-50(67-75-61(43-19-7-1-8-20-43)72-62(76-67)44-21-9-2-10-22-44)39-55(58)56-40-51(33-38-59(56)81)68-77-63(45-23-11-3-12-24-45)73-64(78-68)46-25-13-4-14-26-46/h1-42H. The van der Waals surface area contributed by atoms with Gasteiger partial charge in [0.25, 0.3) is 0 Å². The molecule has 0 unspecified atom stereocenters. The summed E-state index contributed by atoms with van der Waals surface area (Å²) in [5.41, 5.74) is 10.0. The molecule has 0 saturated carbocycles. The Morgan fingerprint density at radius 1 is 0.235 bits per heavy atom. The number of halogens is 2. The lowest BCUT2D eigenvalue weighted by Gasteiger charge is -2.17. The van der Waals surface area contributed by atoms with Gasteiger partial charge in [-0.15, -0.1) is 0 Å². The first-order valence-corrected chi connectivity index (χ1v) is 26.2. The topological polar surface area (TPSA) is 121 Å². The third-order valence-electron chi connectivity index (χ3n) is 14.1. The summed E-state index contributed by atoms with van der Waals surface area (Å²) in [6.07, 6.45) is 0. The summed E-state index contributed by atoms with van der Waals surface area (Å²) in [6.45, 7) is 0. The summed E-state index contributed by atoms with van der Waals surface area (Å²) in [6, 6.07) is 80.6. The summed E-state index contributed by atoms with van der Waals surface area (Å²) in [5, 5.41) is 1.67. The summed E-state index contributed by atoms with van der Waals surface area (Å²) in [5.74, 6) is 3.00. The Balaban J connectivity index is 1.05. The molecule has 14 aromatic rings. The van der Waals surface area contributed by atoms with Crippen molar-refractivity contribution in [2.75, 3.05) is 0 Å². The molecule has 0 aliphatic carbocycles. The van der Waals surface area contributed by atoms with Gasteiger partial charge < -0.3 is 4.57 Å². The zero-order chi connectivity index (χ0) is 54.2. The van der Waals surface area contributed by atoms with Gasteiger partial charge in [-0.2, -0.15) is 0 Å². The fourth-order valence-corrected chi connectivity index (χ4v) is 10.2. The van der Waals surface area contributed by atoms with Gasteiger partial charge in [0.05, 0.1) is 16.7 Å². The Morgan fingerprint density at radius 3 is 0.864 bits per heavy atom. The van der Waals surface area contributed by atoms with Gasteiger partial charge >= 0.3 is 0 Å². The molecule has 0 amide bonds. The van der Waals surface area contributed by atoms with Gasteiger partial charge in [0.15, 0.2) is 52.4 Å². The number of fused-ring (bicyclic) bond motifs is 3. The average Bonchev–Trinajstić information content (AvgIpc) is 4.14. The zero-order valence-corrected chi connectivity index (χ0v) is 43.0. The number of rotatable bonds is 11. The predicted octanol–water partition coefficient (Wildman–Crippen LogP) is 16.3. The minimum atomic E-state index is -0.702. The Morgan fingerprint density at radius 2 is 0.531 bits per heavy atom. The van der Waals surface area contributed by atoms with Crippen molar-refractivity contribution in [3.05, 3.63) is 266 Å². The van der Waals surface area contributed by atoms with Crippen LogP contribution in [-0.4, -0.2) is 49.4 Å². The van der Waals surface area contributed by atoms with Crippen LogP contribution < -0.4 is 0 Å². The quantitative estimate of drug-likeness (QED) is 0.125. The van der Waals surface area contributed by atoms with Gasteiger partial charge in [-0.3, -0.25) is 0 Å². The van der Waals surface area contributed by atoms with Gasteiger partial charge in [0, 0.05) is 72.5 Å². The fraction of sp³-hybridized carbons (Fsp3) is 0. The molecule has 0 aliphatic rings. The maximum Gasteiger partial charge on any atom is 0.166 e. The maximum atomic E-state index is 16.1. The number of hydrogen-bond acceptors (Lipinski definition) is 9. The van der Waals surface area contributed by atoms with Crippen molar-refractivity contribution in [1.29, 1.82) is 0 Å². The van der Waals surface area contributed by atoms with Gasteiger partial charge in [-0.1, -0.05) is 188 Å². The largest absolute Gasteiger partial charge is 0.308 e. The molecular weight excluding hydrogens is 1010 g/mol. The fourth-order valence-electron chi connectivity index (χ4n) is 10.2. The van der Waals surface area contributed by atoms with Crippen molar-refractivity contribution in [3.63, 3.8) is 0 Å². The highest BCUT2D eigenvalue weighted by atomic mass is 19.1. The van der Waals surface area contributed by atoms with Crippen molar-refractivity contribution in [1.82, 2.24) is 49.4 Å². The van der Waals surface area contributed by atoms with E-state index in [4.69, 9.17) is 44.9 Å². The van der Waals surface area contributed by atoms with Crippen LogP contribution in [0, 0.1) is 11.6 Å². The monoisotopic (exact) mass is 1050 g/mol. The molecule has 10 nitrogen and oxygen atoms in total. The molecule has 0 atom stereocenters. The molecule has 81 heavy (non-hydrogen) atoms. The van der Waals surface area contributed by atoms with Crippen LogP contribution >= 0.6 is 0 Å². The lowest BCUT2D eigenvalue weighted by Crippen LogP contribution is -2.04. The molecule has 10 aromatic carbocycles. The van der Waals surface area contributed by atoms with Crippen LogP contribution in [0.3, 0.4) is 0 Å². The lowest BCUT2D eigenvalue weighted by molar-refractivity contribution is 0.585. The Labute approximate surface area is 463 Å². The summed E-state index contributed by atoms with van der Waals surface area (Å²) >= 11 is 0. The highest BCUT2D eigenvalue weighted by Crippen LogP contribution is 2.42. The van der Waals surface area contributed by atoms with Gasteiger partial charge in [-0.05, 0) is 66.2 Å². The van der Waals surface area contributed by atoms with E-state index in [1.165, 1.54) is 12.1 Å². The molecule has 0 spiro atoms. The number of hydrogen-bond donors (Lipinski definition) is 0. The lowest BCUT2D eigenvalue weighted by atomic mass is 10.0. The molecule has 0 saturated heterocycles. The first-order valence-electron chi connectivity index (χ1n) is 26.2. The first kappa shape index (κ1) is 48.3. The molecule has 0 radical (unpaired) electrons. The van der Waals surface area contributed by atoms with Crippen molar-refractivity contribution >= 4 is 21.8 Å². The Hall–Kier alpha value is -11.1. The first-order chi connectivity index (χ1) is 39.9. The predicted molar refractivity (Wildman–Crippen MR) is 315 cm³/mol. The van der Waals surface area contributed by atoms with Crippen molar-refractivity contribution in [2.45, 2.75) is 0 Å². The van der Waals surface area contributed by atoms with Crippen LogP contribution in [0.1, 0.15) is 0 Å². The highest BCUT2D eigenvalue weighted by molar-refractivity contribution is 6.12. The number of nitrogens with zero attached hydrogens (tertiary/aromatic N) is 10. The normalized spacial score (nSPS) is 11.3. The van der Waals surface area contributed by atoms with E-state index in [1.54, 1.807) is 0 Å². The molecule has 4 aromatic heterocycles. The molecule has 0 N–H and O–H groups in total. The average molecular weight is 1050 g/mol. The van der Waals surface area contributed by atoms with Gasteiger partial charge in [0.1, 0.15) is 11.6 Å². The van der Waals surface area contributed by atoms with Crippen LogP contribution in [0.5, 0.6) is 0 Å². The van der Waals surface area contributed by atoms with E-state index >= 15 is 4.39 Å². The molecule has 0 aliphatic heterocycles. The molecular formula is C69H42F2N10. The summed E-state index contributed by atoms with van der Waals surface area (Å²) < 4.78 is 32.8.